The Hall–Kier alpha value is -1.72. The fraction of sp³-hybridized carbons (Fsp3) is 0.579. The van der Waals surface area contributed by atoms with Crippen molar-refractivity contribution >= 4 is 16.9 Å². The average molecular weight is 325 g/mol. The third kappa shape index (κ3) is 2.98. The van der Waals surface area contributed by atoms with Gasteiger partial charge in [0.05, 0.1) is 16.7 Å². The summed E-state index contributed by atoms with van der Waals surface area (Å²) in [6.07, 6.45) is 1.24. The molecule has 24 heavy (non-hydrogen) atoms. The highest BCUT2D eigenvalue weighted by Crippen LogP contribution is 2.26. The van der Waals surface area contributed by atoms with E-state index in [1.54, 1.807) is 0 Å². The molecular weight excluding hydrogens is 298 g/mol. The van der Waals surface area contributed by atoms with Gasteiger partial charge in [0.2, 0.25) is 0 Å². The van der Waals surface area contributed by atoms with E-state index in [4.69, 9.17) is 9.97 Å². The molecule has 1 aromatic heterocycles. The molecule has 0 radical (unpaired) electrons. The lowest BCUT2D eigenvalue weighted by Gasteiger charge is -2.37. The second-order valence-corrected chi connectivity index (χ2v) is 6.98. The van der Waals surface area contributed by atoms with Crippen molar-refractivity contribution in [1.29, 1.82) is 0 Å². The van der Waals surface area contributed by atoms with Crippen molar-refractivity contribution in [2.45, 2.75) is 26.3 Å². The summed E-state index contributed by atoms with van der Waals surface area (Å²) in [4.78, 5) is 17.3. The van der Waals surface area contributed by atoms with E-state index in [0.29, 0.717) is 6.04 Å². The van der Waals surface area contributed by atoms with Crippen LogP contribution in [0.4, 0.5) is 5.82 Å². The van der Waals surface area contributed by atoms with E-state index in [2.05, 4.69) is 34.6 Å². The van der Waals surface area contributed by atoms with Crippen molar-refractivity contribution in [2.24, 2.45) is 0 Å². The second kappa shape index (κ2) is 6.65. The molecule has 5 nitrogen and oxygen atoms in total. The minimum Gasteiger partial charge on any atom is -0.353 e. The van der Waals surface area contributed by atoms with Gasteiger partial charge in [-0.1, -0.05) is 19.1 Å². The Bertz CT molecular complexity index is 708. The minimum atomic E-state index is 0.664. The van der Waals surface area contributed by atoms with Crippen LogP contribution in [0.3, 0.4) is 0 Å². The highest BCUT2D eigenvalue weighted by Gasteiger charge is 2.31. The molecule has 0 aliphatic carbocycles. The fourth-order valence-electron chi connectivity index (χ4n) is 4.06. The Labute approximate surface area is 144 Å². The molecule has 128 valence electrons. The van der Waals surface area contributed by atoms with Crippen LogP contribution in [0.15, 0.2) is 24.3 Å². The van der Waals surface area contributed by atoms with Crippen molar-refractivity contribution in [1.82, 2.24) is 19.8 Å². The van der Waals surface area contributed by atoms with E-state index >= 15 is 0 Å². The molecule has 2 aromatic rings. The van der Waals surface area contributed by atoms with Crippen LogP contribution in [0.2, 0.25) is 0 Å². The number of hydrogen-bond donors (Lipinski definition) is 0. The molecule has 3 heterocycles. The van der Waals surface area contributed by atoms with Crippen LogP contribution in [0.5, 0.6) is 0 Å². The van der Waals surface area contributed by atoms with Crippen LogP contribution in [0, 0.1) is 6.92 Å². The number of likely N-dealkylation sites (N-methyl/N-ethyl adjacent to an activating group) is 1. The smallest absolute Gasteiger partial charge is 0.150 e. The third-order valence-electron chi connectivity index (χ3n) is 5.55. The van der Waals surface area contributed by atoms with Gasteiger partial charge in [-0.15, -0.1) is 0 Å². The van der Waals surface area contributed by atoms with E-state index < -0.39 is 0 Å². The van der Waals surface area contributed by atoms with Crippen molar-refractivity contribution in [3.05, 3.63) is 30.0 Å². The highest BCUT2D eigenvalue weighted by atomic mass is 15.3. The molecule has 4 rings (SSSR count). The highest BCUT2D eigenvalue weighted by molar-refractivity contribution is 5.76. The van der Waals surface area contributed by atoms with E-state index in [0.717, 1.165) is 35.6 Å². The number of piperazine rings is 1. The van der Waals surface area contributed by atoms with Crippen LogP contribution in [-0.2, 0) is 0 Å². The van der Waals surface area contributed by atoms with Crippen molar-refractivity contribution in [2.75, 3.05) is 50.7 Å². The standard InChI is InChI=1S/C19H27N5/c1-3-22-10-12-23(13-11-22)16-8-9-24(14-16)19-15(2)20-17-6-4-5-7-18(17)21-19/h4-7,16H,3,8-14H2,1-2H3. The Morgan fingerprint density at radius 2 is 1.71 bits per heavy atom. The molecule has 0 N–H and O–H groups in total. The first kappa shape index (κ1) is 15.8. The Kier molecular flexibility index (Phi) is 4.37. The number of aromatic nitrogens is 2. The predicted molar refractivity (Wildman–Crippen MR) is 98.6 cm³/mol. The molecule has 5 heteroatoms. The number of nitrogens with zero attached hydrogens (tertiary/aromatic N) is 5. The second-order valence-electron chi connectivity index (χ2n) is 6.98. The number of rotatable bonds is 3. The molecule has 2 aliphatic heterocycles. The summed E-state index contributed by atoms with van der Waals surface area (Å²) in [5, 5.41) is 0. The van der Waals surface area contributed by atoms with Crippen LogP contribution in [0.1, 0.15) is 19.0 Å². The molecule has 0 saturated carbocycles. The van der Waals surface area contributed by atoms with Gasteiger partial charge in [-0.25, -0.2) is 9.97 Å². The number of benzene rings is 1. The largest absolute Gasteiger partial charge is 0.353 e. The van der Waals surface area contributed by atoms with Crippen LogP contribution < -0.4 is 4.90 Å². The summed E-state index contributed by atoms with van der Waals surface area (Å²) in [6, 6.07) is 8.83. The van der Waals surface area contributed by atoms with Crippen LogP contribution in [0.25, 0.3) is 11.0 Å². The molecule has 2 aliphatic rings. The maximum Gasteiger partial charge on any atom is 0.150 e. The number of hydrogen-bond acceptors (Lipinski definition) is 5. The maximum atomic E-state index is 4.90. The van der Waals surface area contributed by atoms with Crippen LogP contribution >= 0.6 is 0 Å². The van der Waals surface area contributed by atoms with Gasteiger partial charge in [0.25, 0.3) is 0 Å². The molecule has 0 bridgehead atoms. The molecule has 1 aromatic carbocycles. The summed E-state index contributed by atoms with van der Waals surface area (Å²) in [6.45, 7) is 12.5. The summed E-state index contributed by atoms with van der Waals surface area (Å²) < 4.78 is 0. The van der Waals surface area contributed by atoms with E-state index in [9.17, 15) is 0 Å². The lowest BCUT2D eigenvalue weighted by atomic mass is 10.2. The van der Waals surface area contributed by atoms with Gasteiger partial charge < -0.3 is 9.80 Å². The third-order valence-corrected chi connectivity index (χ3v) is 5.55. The first-order valence-electron chi connectivity index (χ1n) is 9.19. The molecule has 0 amide bonds. The molecule has 0 spiro atoms. The topological polar surface area (TPSA) is 35.5 Å². The molecular formula is C19H27N5. The lowest BCUT2D eigenvalue weighted by molar-refractivity contribution is 0.107. The van der Waals surface area contributed by atoms with Gasteiger partial charge in [-0.2, -0.15) is 0 Å². The number of fused-ring (bicyclic) bond motifs is 1. The zero-order chi connectivity index (χ0) is 16.5. The fourth-order valence-corrected chi connectivity index (χ4v) is 4.06. The molecule has 2 fully saturated rings. The Morgan fingerprint density at radius 3 is 2.42 bits per heavy atom. The summed E-state index contributed by atoms with van der Waals surface area (Å²) in [5.74, 6) is 1.07. The van der Waals surface area contributed by atoms with Gasteiger partial charge >= 0.3 is 0 Å². The summed E-state index contributed by atoms with van der Waals surface area (Å²) >= 11 is 0. The number of anilines is 1. The zero-order valence-electron chi connectivity index (χ0n) is 14.8. The average Bonchev–Trinajstić information content (AvgIpc) is 3.11. The van der Waals surface area contributed by atoms with Crippen LogP contribution in [-0.4, -0.2) is 71.6 Å². The first-order chi connectivity index (χ1) is 11.7. The van der Waals surface area contributed by atoms with Crippen molar-refractivity contribution in [3.63, 3.8) is 0 Å². The SMILES string of the molecule is CCN1CCN(C2CCN(c3nc4ccccc4nc3C)C2)CC1. The molecule has 2 saturated heterocycles. The van der Waals surface area contributed by atoms with Gasteiger partial charge in [-0.3, -0.25) is 4.90 Å². The van der Waals surface area contributed by atoms with Gasteiger partial charge in [-0.05, 0) is 32.0 Å². The van der Waals surface area contributed by atoms with Gasteiger partial charge in [0.1, 0.15) is 0 Å². The zero-order valence-corrected chi connectivity index (χ0v) is 14.8. The lowest BCUT2D eigenvalue weighted by Crippen LogP contribution is -2.50. The monoisotopic (exact) mass is 325 g/mol. The predicted octanol–water partition coefficient (Wildman–Crippen LogP) is 2.15. The normalized spacial score (nSPS) is 23.2. The first-order valence-corrected chi connectivity index (χ1v) is 9.19. The Balaban J connectivity index is 1.48. The maximum absolute atomic E-state index is 4.90. The summed E-state index contributed by atoms with van der Waals surface area (Å²) in [5.41, 5.74) is 3.04. The van der Waals surface area contributed by atoms with E-state index in [1.807, 2.05) is 18.2 Å². The number of para-hydroxylation sites is 2. The Morgan fingerprint density at radius 1 is 1.00 bits per heavy atom. The van der Waals surface area contributed by atoms with Crippen molar-refractivity contribution < 1.29 is 0 Å². The molecule has 1 atom stereocenters. The van der Waals surface area contributed by atoms with E-state index in [-0.39, 0.29) is 0 Å². The molecule has 1 unspecified atom stereocenters. The minimum absolute atomic E-state index is 0.664. The quantitative estimate of drug-likeness (QED) is 0.864. The van der Waals surface area contributed by atoms with Gasteiger partial charge in [0, 0.05) is 45.3 Å². The van der Waals surface area contributed by atoms with Gasteiger partial charge in [0.15, 0.2) is 5.82 Å². The van der Waals surface area contributed by atoms with E-state index in [1.165, 1.54) is 39.1 Å². The van der Waals surface area contributed by atoms with Crippen molar-refractivity contribution in [3.8, 4) is 0 Å². The number of aryl methyl sites for hydroxylation is 1. The summed E-state index contributed by atoms with van der Waals surface area (Å²) in [7, 11) is 0.